The van der Waals surface area contributed by atoms with Crippen LogP contribution in [0, 0.1) is 0 Å². The Labute approximate surface area is 63.2 Å². The predicted molar refractivity (Wildman–Crippen MR) is 42.9 cm³/mol. The Bertz CT molecular complexity index is 63.3. The summed E-state index contributed by atoms with van der Waals surface area (Å²) < 4.78 is 1.06. The summed E-state index contributed by atoms with van der Waals surface area (Å²) in [5.74, 6) is 0.771. The van der Waals surface area contributed by atoms with Crippen molar-refractivity contribution in [2.45, 2.75) is 13.3 Å². The topological polar surface area (TPSA) is 0 Å². The van der Waals surface area contributed by atoms with E-state index < -0.39 is 0 Å². The van der Waals surface area contributed by atoms with Crippen LogP contribution in [0.4, 0.5) is 0 Å². The van der Waals surface area contributed by atoms with E-state index in [2.05, 4.69) is 21.0 Å². The van der Waals surface area contributed by atoms with Crippen molar-refractivity contribution in [3.05, 3.63) is 0 Å². The highest BCUT2D eigenvalue weighted by atomic mass is 35.5. The largest absolute Gasteiger partial charge is 0.327 e. The highest BCUT2D eigenvalue weighted by Gasteiger charge is 2.10. The van der Waals surface area contributed by atoms with Crippen LogP contribution in [-0.2, 0) is 0 Å². The van der Waals surface area contributed by atoms with E-state index in [1.807, 2.05) is 0 Å². The summed E-state index contributed by atoms with van der Waals surface area (Å²) in [6.07, 6.45) is 1.24. The predicted octanol–water partition coefficient (Wildman–Crippen LogP) is 1.71. The molecule has 0 aliphatic heterocycles. The minimum atomic E-state index is 0.771. The number of nitrogens with zero attached hydrogens (tertiary/aromatic N) is 1. The zero-order valence-electron chi connectivity index (χ0n) is 6.65. The first-order valence-corrected chi connectivity index (χ1v) is 4.04. The summed E-state index contributed by atoms with van der Waals surface area (Å²) in [6.45, 7) is 4.51. The zero-order chi connectivity index (χ0) is 7.33. The number of hydrogen-bond donors (Lipinski definition) is 0. The van der Waals surface area contributed by atoms with Gasteiger partial charge in [0.05, 0.1) is 33.1 Å². The maximum Gasteiger partial charge on any atom is 0.0920 e. The van der Waals surface area contributed by atoms with Gasteiger partial charge in [-0.05, 0) is 6.42 Å². The van der Waals surface area contributed by atoms with Gasteiger partial charge >= 0.3 is 0 Å². The van der Waals surface area contributed by atoms with Gasteiger partial charge in [-0.15, -0.1) is 11.6 Å². The van der Waals surface area contributed by atoms with Gasteiger partial charge in [-0.25, -0.2) is 0 Å². The molecule has 0 bridgehead atoms. The Hall–Kier alpha value is 0.250. The Morgan fingerprint density at radius 1 is 1.22 bits per heavy atom. The van der Waals surface area contributed by atoms with Crippen LogP contribution in [-0.4, -0.2) is 37.5 Å². The Morgan fingerprint density at radius 2 is 1.78 bits per heavy atom. The van der Waals surface area contributed by atoms with Crippen LogP contribution in [0.25, 0.3) is 0 Å². The fourth-order valence-electron chi connectivity index (χ4n) is 0.946. The van der Waals surface area contributed by atoms with Gasteiger partial charge in [0, 0.05) is 0 Å². The van der Waals surface area contributed by atoms with E-state index in [1.54, 1.807) is 0 Å². The molecule has 1 nitrogen and oxygen atoms in total. The van der Waals surface area contributed by atoms with Crippen LogP contribution in [0.2, 0.25) is 0 Å². The van der Waals surface area contributed by atoms with Gasteiger partial charge in [0.25, 0.3) is 0 Å². The molecule has 0 aromatic carbocycles. The summed E-state index contributed by atoms with van der Waals surface area (Å²) in [5.41, 5.74) is 0. The molecule has 0 atom stereocenters. The van der Waals surface area contributed by atoms with Crippen LogP contribution in [0.3, 0.4) is 0 Å². The third-order valence-electron chi connectivity index (χ3n) is 1.52. The number of rotatable bonds is 4. The van der Waals surface area contributed by atoms with Crippen LogP contribution in [0.15, 0.2) is 0 Å². The molecule has 0 unspecified atom stereocenters. The quantitative estimate of drug-likeness (QED) is 0.423. The SMILES string of the molecule is CCC[N+](C)(C)CCCl. The standard InChI is InChI=1S/C7H17ClN/c1-4-6-9(2,3)7-5-8/h4-7H2,1-3H3/q+1. The van der Waals surface area contributed by atoms with E-state index in [-0.39, 0.29) is 0 Å². The van der Waals surface area contributed by atoms with Gasteiger partial charge in [0.1, 0.15) is 0 Å². The molecule has 0 fully saturated rings. The molecule has 0 aromatic rings. The zero-order valence-corrected chi connectivity index (χ0v) is 7.41. The van der Waals surface area contributed by atoms with Crippen molar-refractivity contribution in [2.24, 2.45) is 0 Å². The monoisotopic (exact) mass is 150 g/mol. The highest BCUT2D eigenvalue weighted by Crippen LogP contribution is 1.98. The molecule has 2 heteroatoms. The maximum absolute atomic E-state index is 5.61. The van der Waals surface area contributed by atoms with Crippen molar-refractivity contribution in [2.75, 3.05) is 33.1 Å². The van der Waals surface area contributed by atoms with Gasteiger partial charge in [-0.3, -0.25) is 0 Å². The molecule has 0 saturated carbocycles. The number of alkyl halides is 1. The maximum atomic E-state index is 5.61. The van der Waals surface area contributed by atoms with Crippen molar-refractivity contribution in [1.29, 1.82) is 0 Å². The summed E-state index contributed by atoms with van der Waals surface area (Å²) in [7, 11) is 4.43. The second-order valence-electron chi connectivity index (χ2n) is 3.07. The molecule has 0 saturated heterocycles. The molecule has 0 aliphatic rings. The molecule has 0 aliphatic carbocycles. The second kappa shape index (κ2) is 4.13. The Kier molecular flexibility index (Phi) is 4.24. The molecule has 0 spiro atoms. The van der Waals surface area contributed by atoms with Gasteiger partial charge in [0.2, 0.25) is 0 Å². The molecule has 0 radical (unpaired) electrons. The van der Waals surface area contributed by atoms with E-state index in [1.165, 1.54) is 13.0 Å². The third kappa shape index (κ3) is 4.73. The van der Waals surface area contributed by atoms with Crippen molar-refractivity contribution in [3.63, 3.8) is 0 Å². The first-order valence-electron chi connectivity index (χ1n) is 3.50. The number of quaternary nitrogens is 1. The number of halogens is 1. The van der Waals surface area contributed by atoms with Crippen molar-refractivity contribution < 1.29 is 4.48 Å². The highest BCUT2D eigenvalue weighted by molar-refractivity contribution is 6.17. The van der Waals surface area contributed by atoms with E-state index in [0.29, 0.717) is 0 Å². The van der Waals surface area contributed by atoms with E-state index in [0.717, 1.165) is 16.9 Å². The number of hydrogen-bond acceptors (Lipinski definition) is 0. The van der Waals surface area contributed by atoms with Gasteiger partial charge in [-0.2, -0.15) is 0 Å². The van der Waals surface area contributed by atoms with E-state index >= 15 is 0 Å². The fourth-order valence-corrected chi connectivity index (χ4v) is 1.40. The van der Waals surface area contributed by atoms with Crippen LogP contribution >= 0.6 is 11.6 Å². The van der Waals surface area contributed by atoms with Crippen molar-refractivity contribution in [3.8, 4) is 0 Å². The normalized spacial score (nSPS) is 12.0. The average molecular weight is 151 g/mol. The lowest BCUT2D eigenvalue weighted by Gasteiger charge is -2.28. The molecule has 0 amide bonds. The summed E-state index contributed by atoms with van der Waals surface area (Å²) in [4.78, 5) is 0. The van der Waals surface area contributed by atoms with Crippen LogP contribution in [0.5, 0.6) is 0 Å². The lowest BCUT2D eigenvalue weighted by molar-refractivity contribution is -0.887. The lowest BCUT2D eigenvalue weighted by Crippen LogP contribution is -2.41. The summed E-state index contributed by atoms with van der Waals surface area (Å²) in [6, 6.07) is 0. The first-order chi connectivity index (χ1) is 4.12. The minimum Gasteiger partial charge on any atom is -0.327 e. The third-order valence-corrected chi connectivity index (χ3v) is 1.69. The summed E-state index contributed by atoms with van der Waals surface area (Å²) >= 11 is 5.61. The lowest BCUT2D eigenvalue weighted by atomic mass is 10.4. The first kappa shape index (κ1) is 9.25. The van der Waals surface area contributed by atoms with Crippen molar-refractivity contribution >= 4 is 11.6 Å². The van der Waals surface area contributed by atoms with Crippen LogP contribution < -0.4 is 0 Å². The molecular weight excluding hydrogens is 134 g/mol. The molecule has 9 heavy (non-hydrogen) atoms. The van der Waals surface area contributed by atoms with Gasteiger partial charge < -0.3 is 4.48 Å². The summed E-state index contributed by atoms with van der Waals surface area (Å²) in [5, 5.41) is 0. The molecule has 0 N–H and O–H groups in total. The molecule has 0 heterocycles. The van der Waals surface area contributed by atoms with Gasteiger partial charge in [0.15, 0.2) is 0 Å². The van der Waals surface area contributed by atoms with Crippen molar-refractivity contribution in [1.82, 2.24) is 0 Å². The smallest absolute Gasteiger partial charge is 0.0920 e. The molecule has 0 aromatic heterocycles. The van der Waals surface area contributed by atoms with Gasteiger partial charge in [-0.1, -0.05) is 6.92 Å². The second-order valence-corrected chi connectivity index (χ2v) is 3.45. The Morgan fingerprint density at radius 3 is 2.11 bits per heavy atom. The van der Waals surface area contributed by atoms with E-state index in [9.17, 15) is 0 Å². The fraction of sp³-hybridized carbons (Fsp3) is 1.00. The average Bonchev–Trinajstić information content (AvgIpc) is 1.64. The van der Waals surface area contributed by atoms with Crippen LogP contribution in [0.1, 0.15) is 13.3 Å². The molecular formula is C7H17ClN+. The minimum absolute atomic E-state index is 0.771. The molecule has 0 rings (SSSR count). The Balaban J connectivity index is 3.43. The molecule has 56 valence electrons. The van der Waals surface area contributed by atoms with E-state index in [4.69, 9.17) is 11.6 Å².